The minimum Gasteiger partial charge on any atom is -0.344 e. The number of benzene rings is 2. The molecule has 0 radical (unpaired) electrons. The minimum absolute atomic E-state index is 0.0607. The van der Waals surface area contributed by atoms with E-state index in [0.29, 0.717) is 18.2 Å². The lowest BCUT2D eigenvalue weighted by Gasteiger charge is -2.20. The molecule has 8 heteroatoms. The Morgan fingerprint density at radius 1 is 1.09 bits per heavy atom. The van der Waals surface area contributed by atoms with Crippen molar-refractivity contribution in [3.8, 4) is 0 Å². The number of halogens is 1. The number of aliphatic imine (C=N–C) groups is 2. The van der Waals surface area contributed by atoms with Gasteiger partial charge in [0.15, 0.2) is 0 Å². The van der Waals surface area contributed by atoms with Gasteiger partial charge in [-0.05, 0) is 78.6 Å². The molecule has 1 fully saturated rings. The molecule has 1 aliphatic carbocycles. The number of nitrogens with zero attached hydrogens (tertiary/aromatic N) is 3. The molecule has 0 aliphatic heterocycles. The van der Waals surface area contributed by atoms with Gasteiger partial charge in [0.1, 0.15) is 5.84 Å². The molecular formula is C24H29IN6O. The van der Waals surface area contributed by atoms with Gasteiger partial charge in [0.2, 0.25) is 5.91 Å². The van der Waals surface area contributed by atoms with E-state index >= 15 is 0 Å². The van der Waals surface area contributed by atoms with Crippen LogP contribution < -0.4 is 10.7 Å². The molecule has 3 N–H and O–H groups in total. The monoisotopic (exact) mass is 544 g/mol. The van der Waals surface area contributed by atoms with Gasteiger partial charge < -0.3 is 5.32 Å². The van der Waals surface area contributed by atoms with E-state index < -0.39 is 0 Å². The van der Waals surface area contributed by atoms with Crippen molar-refractivity contribution in [1.29, 1.82) is 5.53 Å². The van der Waals surface area contributed by atoms with E-state index in [4.69, 9.17) is 15.5 Å². The molecule has 1 saturated carbocycles. The summed E-state index contributed by atoms with van der Waals surface area (Å²) in [6, 6.07) is 15.8. The first-order valence-corrected chi connectivity index (χ1v) is 12.0. The van der Waals surface area contributed by atoms with E-state index in [-0.39, 0.29) is 12.3 Å². The molecule has 0 heterocycles. The molecule has 0 unspecified atom stereocenters. The Kier molecular flexibility index (Phi) is 9.33. The van der Waals surface area contributed by atoms with Crippen molar-refractivity contribution in [3.63, 3.8) is 0 Å². The highest BCUT2D eigenvalue weighted by Gasteiger charge is 2.17. The van der Waals surface area contributed by atoms with E-state index in [9.17, 15) is 4.79 Å². The summed E-state index contributed by atoms with van der Waals surface area (Å²) in [6.07, 6.45) is 6.22. The predicted octanol–water partition coefficient (Wildman–Crippen LogP) is 6.27. The maximum Gasteiger partial charge on any atom is 0.247 e. The summed E-state index contributed by atoms with van der Waals surface area (Å²) in [4.78, 5) is 21.9. The van der Waals surface area contributed by atoms with Crippen LogP contribution in [0.2, 0.25) is 0 Å². The lowest BCUT2D eigenvalue weighted by Crippen LogP contribution is -2.22. The van der Waals surface area contributed by atoms with Crippen molar-refractivity contribution >= 4 is 51.4 Å². The van der Waals surface area contributed by atoms with Crippen LogP contribution in [0.5, 0.6) is 0 Å². The second kappa shape index (κ2) is 12.4. The normalized spacial score (nSPS) is 15.3. The number of hydrogen-bond acceptors (Lipinski definition) is 5. The molecule has 0 aromatic heterocycles. The second-order valence-electron chi connectivity index (χ2n) is 7.96. The van der Waals surface area contributed by atoms with Crippen molar-refractivity contribution in [1.82, 2.24) is 5.43 Å². The quantitative estimate of drug-likeness (QED) is 0.120. The third kappa shape index (κ3) is 7.51. The van der Waals surface area contributed by atoms with Crippen molar-refractivity contribution in [2.75, 3.05) is 11.9 Å². The van der Waals surface area contributed by atoms with Crippen LogP contribution in [0, 0.1) is 15.0 Å². The maximum atomic E-state index is 12.2. The summed E-state index contributed by atoms with van der Waals surface area (Å²) >= 11 is 2.28. The number of nitrogens with one attached hydrogen (secondary N) is 3. The number of amidine groups is 1. The standard InChI is InChI=1S/C24H29IN6O/c1-17(28-20-13-11-19(25)12-14-20)29-22-10-6-5-9-21(22)23(15-24(32)30-31-26)27-16-18-7-3-2-4-8-18/h5-6,9-14,18H,2-4,7-8,15-16H2,1H3,(H,28,29)(H2,26,30,32). The van der Waals surface area contributed by atoms with Gasteiger partial charge in [-0.25, -0.2) is 10.4 Å². The summed E-state index contributed by atoms with van der Waals surface area (Å²) in [5, 5.41) is 6.33. The third-order valence-corrected chi connectivity index (χ3v) is 6.17. The topological polar surface area (TPSA) is 102 Å². The molecule has 2 aromatic carbocycles. The highest BCUT2D eigenvalue weighted by atomic mass is 127. The van der Waals surface area contributed by atoms with Gasteiger partial charge in [0.05, 0.1) is 17.8 Å². The van der Waals surface area contributed by atoms with Gasteiger partial charge in [-0.1, -0.05) is 42.7 Å². The molecule has 0 bridgehead atoms. The first kappa shape index (κ1) is 24.0. The van der Waals surface area contributed by atoms with Crippen LogP contribution in [0.3, 0.4) is 0 Å². The SMILES string of the molecule is CC(=Nc1ccccc1C(CC(=O)NN=N)=NCC1CCCCC1)Nc1ccc(I)cc1. The summed E-state index contributed by atoms with van der Waals surface area (Å²) in [7, 11) is 0. The van der Waals surface area contributed by atoms with Crippen LogP contribution in [-0.2, 0) is 4.79 Å². The number of amides is 1. The highest BCUT2D eigenvalue weighted by Crippen LogP contribution is 2.26. The molecule has 7 nitrogen and oxygen atoms in total. The van der Waals surface area contributed by atoms with Crippen molar-refractivity contribution in [2.24, 2.45) is 21.1 Å². The molecule has 0 spiro atoms. The molecule has 0 saturated heterocycles. The Morgan fingerprint density at radius 3 is 2.53 bits per heavy atom. The Hall–Kier alpha value is -2.62. The lowest BCUT2D eigenvalue weighted by molar-refractivity contribution is -0.120. The van der Waals surface area contributed by atoms with Crippen molar-refractivity contribution < 1.29 is 4.79 Å². The van der Waals surface area contributed by atoms with Crippen LogP contribution in [0.15, 0.2) is 63.7 Å². The van der Waals surface area contributed by atoms with Gasteiger partial charge in [-0.2, -0.15) is 5.53 Å². The van der Waals surface area contributed by atoms with E-state index in [0.717, 1.165) is 22.8 Å². The summed E-state index contributed by atoms with van der Waals surface area (Å²) in [5.41, 5.74) is 12.3. The zero-order valence-electron chi connectivity index (χ0n) is 18.3. The van der Waals surface area contributed by atoms with Gasteiger partial charge in [-0.15, -0.1) is 0 Å². The van der Waals surface area contributed by atoms with Crippen LogP contribution in [-0.4, -0.2) is 24.0 Å². The number of carbonyl (C=O) groups excluding carboxylic acids is 1. The van der Waals surface area contributed by atoms with E-state index in [1.165, 1.54) is 35.7 Å². The molecule has 1 amide bonds. The van der Waals surface area contributed by atoms with Crippen LogP contribution in [0.4, 0.5) is 11.4 Å². The van der Waals surface area contributed by atoms with E-state index in [1.54, 1.807) is 0 Å². The van der Waals surface area contributed by atoms with Crippen molar-refractivity contribution in [2.45, 2.75) is 45.4 Å². The minimum atomic E-state index is -0.352. The molecule has 32 heavy (non-hydrogen) atoms. The van der Waals surface area contributed by atoms with Gasteiger partial charge in [-0.3, -0.25) is 9.79 Å². The Morgan fingerprint density at radius 2 is 1.81 bits per heavy atom. The third-order valence-electron chi connectivity index (χ3n) is 5.45. The Balaban J connectivity index is 1.85. The second-order valence-corrected chi connectivity index (χ2v) is 9.21. The summed E-state index contributed by atoms with van der Waals surface area (Å²) < 4.78 is 1.17. The largest absolute Gasteiger partial charge is 0.344 e. The zero-order chi connectivity index (χ0) is 22.8. The molecule has 2 aromatic rings. The van der Waals surface area contributed by atoms with Gasteiger partial charge in [0.25, 0.3) is 0 Å². The molecule has 168 valence electrons. The first-order valence-electron chi connectivity index (χ1n) is 10.9. The fourth-order valence-corrected chi connectivity index (χ4v) is 4.22. The van der Waals surface area contributed by atoms with Crippen LogP contribution in [0.1, 0.15) is 51.0 Å². The first-order chi connectivity index (χ1) is 15.5. The number of carbonyl (C=O) groups is 1. The summed E-state index contributed by atoms with van der Waals surface area (Å²) in [5.74, 6) is 0.952. The zero-order valence-corrected chi connectivity index (χ0v) is 20.4. The molecular weight excluding hydrogens is 515 g/mol. The van der Waals surface area contributed by atoms with Crippen LogP contribution >= 0.6 is 22.6 Å². The number of hydrogen-bond donors (Lipinski definition) is 3. The van der Waals surface area contributed by atoms with E-state index in [1.807, 2.05) is 55.5 Å². The number of para-hydroxylation sites is 1. The fourth-order valence-electron chi connectivity index (χ4n) is 3.87. The lowest BCUT2D eigenvalue weighted by atomic mass is 9.89. The average molecular weight is 544 g/mol. The molecule has 1 aliphatic rings. The number of rotatable bonds is 8. The van der Waals surface area contributed by atoms with E-state index in [2.05, 4.69) is 38.6 Å². The Labute approximate surface area is 202 Å². The molecule has 3 rings (SSSR count). The van der Waals surface area contributed by atoms with Crippen molar-refractivity contribution in [3.05, 3.63) is 57.7 Å². The summed E-state index contributed by atoms with van der Waals surface area (Å²) in [6.45, 7) is 2.62. The average Bonchev–Trinajstić information content (AvgIpc) is 2.79. The fraction of sp³-hybridized carbons (Fsp3) is 0.375. The Bertz CT molecular complexity index is 980. The highest BCUT2D eigenvalue weighted by molar-refractivity contribution is 14.1. The van der Waals surface area contributed by atoms with Gasteiger partial charge >= 0.3 is 0 Å². The maximum absolute atomic E-state index is 12.2. The predicted molar refractivity (Wildman–Crippen MR) is 138 cm³/mol. The van der Waals surface area contributed by atoms with Gasteiger partial charge in [0, 0.05) is 21.4 Å². The molecule has 0 atom stereocenters. The number of anilines is 1. The smallest absolute Gasteiger partial charge is 0.247 e. The van der Waals surface area contributed by atoms with Crippen LogP contribution in [0.25, 0.3) is 0 Å².